The van der Waals surface area contributed by atoms with Crippen LogP contribution in [0.25, 0.3) is 5.95 Å². The standard InChI is InChI=1S/C19H19FN4O2/c1-12-10-18(26)23-19(22-12)24-13(2)16(11-21-24)17(25)5-3-4-14-6-8-15(20)9-7-14/h6-11H,3-5H2,1-2H3,(H,22,23,26). The van der Waals surface area contributed by atoms with E-state index in [0.717, 1.165) is 5.56 Å². The molecule has 1 aromatic carbocycles. The Hall–Kier alpha value is -3.09. The van der Waals surface area contributed by atoms with E-state index in [0.29, 0.717) is 36.2 Å². The molecule has 134 valence electrons. The van der Waals surface area contributed by atoms with Gasteiger partial charge in [-0.25, -0.2) is 14.1 Å². The lowest BCUT2D eigenvalue weighted by Crippen LogP contribution is -2.15. The van der Waals surface area contributed by atoms with Crippen molar-refractivity contribution in [1.82, 2.24) is 19.7 Å². The number of carbonyl (C=O) groups excluding carboxylic acids is 1. The van der Waals surface area contributed by atoms with Crippen LogP contribution >= 0.6 is 0 Å². The molecule has 0 aliphatic carbocycles. The number of halogens is 1. The van der Waals surface area contributed by atoms with Gasteiger partial charge in [0, 0.05) is 18.2 Å². The first-order chi connectivity index (χ1) is 12.4. The highest BCUT2D eigenvalue weighted by molar-refractivity contribution is 5.96. The van der Waals surface area contributed by atoms with Crippen molar-refractivity contribution in [2.75, 3.05) is 0 Å². The van der Waals surface area contributed by atoms with Crippen LogP contribution in [-0.4, -0.2) is 25.5 Å². The molecule has 3 aromatic rings. The maximum Gasteiger partial charge on any atom is 0.252 e. The lowest BCUT2D eigenvalue weighted by Gasteiger charge is -2.05. The van der Waals surface area contributed by atoms with E-state index in [1.807, 2.05) is 0 Å². The largest absolute Gasteiger partial charge is 0.294 e. The number of H-pyrrole nitrogens is 1. The highest BCUT2D eigenvalue weighted by Crippen LogP contribution is 2.15. The predicted octanol–water partition coefficient (Wildman–Crippen LogP) is 2.92. The van der Waals surface area contributed by atoms with Crippen molar-refractivity contribution in [3.05, 3.63) is 75.2 Å². The minimum atomic E-state index is -0.269. The van der Waals surface area contributed by atoms with E-state index >= 15 is 0 Å². The van der Waals surface area contributed by atoms with E-state index < -0.39 is 0 Å². The molecule has 0 radical (unpaired) electrons. The fourth-order valence-electron chi connectivity index (χ4n) is 2.80. The fraction of sp³-hybridized carbons (Fsp3) is 0.263. The monoisotopic (exact) mass is 354 g/mol. The zero-order chi connectivity index (χ0) is 18.7. The number of rotatable bonds is 6. The number of benzene rings is 1. The van der Waals surface area contributed by atoms with Crippen LogP contribution in [0.2, 0.25) is 0 Å². The van der Waals surface area contributed by atoms with Crippen LogP contribution in [0.4, 0.5) is 4.39 Å². The van der Waals surface area contributed by atoms with E-state index in [1.165, 1.54) is 29.1 Å². The third-order valence-corrected chi connectivity index (χ3v) is 4.15. The van der Waals surface area contributed by atoms with Crippen molar-refractivity contribution in [2.45, 2.75) is 33.1 Å². The molecule has 0 saturated carbocycles. The Morgan fingerprint density at radius 2 is 1.96 bits per heavy atom. The van der Waals surface area contributed by atoms with Crippen LogP contribution in [0, 0.1) is 19.7 Å². The smallest absolute Gasteiger partial charge is 0.252 e. The summed E-state index contributed by atoms with van der Waals surface area (Å²) >= 11 is 0. The topological polar surface area (TPSA) is 80.6 Å². The number of hydrogen-bond donors (Lipinski definition) is 1. The van der Waals surface area contributed by atoms with Crippen LogP contribution in [0.5, 0.6) is 0 Å². The van der Waals surface area contributed by atoms with Gasteiger partial charge in [0.05, 0.1) is 17.5 Å². The summed E-state index contributed by atoms with van der Waals surface area (Å²) < 4.78 is 14.4. The summed E-state index contributed by atoms with van der Waals surface area (Å²) in [6.07, 6.45) is 3.22. The van der Waals surface area contributed by atoms with Crippen LogP contribution < -0.4 is 5.56 Å². The van der Waals surface area contributed by atoms with Crippen molar-refractivity contribution in [3.63, 3.8) is 0 Å². The average molecular weight is 354 g/mol. The van der Waals surface area contributed by atoms with Gasteiger partial charge in [0.15, 0.2) is 5.78 Å². The highest BCUT2D eigenvalue weighted by atomic mass is 19.1. The van der Waals surface area contributed by atoms with Gasteiger partial charge in [-0.05, 0) is 44.4 Å². The number of carbonyl (C=O) groups is 1. The molecule has 0 atom stereocenters. The predicted molar refractivity (Wildman–Crippen MR) is 95.1 cm³/mol. The minimum absolute atomic E-state index is 0.0224. The number of aryl methyl sites for hydroxylation is 2. The molecule has 3 rings (SSSR count). The Labute approximate surface area is 149 Å². The molecule has 7 heteroatoms. The van der Waals surface area contributed by atoms with Crippen molar-refractivity contribution in [1.29, 1.82) is 0 Å². The van der Waals surface area contributed by atoms with Crippen molar-refractivity contribution in [2.24, 2.45) is 0 Å². The first kappa shape index (κ1) is 17.7. The summed E-state index contributed by atoms with van der Waals surface area (Å²) in [5, 5.41) is 4.19. The second kappa shape index (κ2) is 7.43. The molecule has 0 aliphatic heterocycles. The maximum absolute atomic E-state index is 12.9. The Bertz CT molecular complexity index is 990. The molecule has 0 amide bonds. The number of Topliss-reactive ketones (excluding diaryl/α,β-unsaturated/α-hetero) is 1. The van der Waals surface area contributed by atoms with E-state index in [9.17, 15) is 14.0 Å². The molecule has 0 saturated heterocycles. The normalized spacial score (nSPS) is 10.9. The van der Waals surface area contributed by atoms with Crippen LogP contribution in [0.3, 0.4) is 0 Å². The summed E-state index contributed by atoms with van der Waals surface area (Å²) in [4.78, 5) is 31.0. The number of nitrogens with zero attached hydrogens (tertiary/aromatic N) is 3. The van der Waals surface area contributed by atoms with Gasteiger partial charge < -0.3 is 0 Å². The second-order valence-corrected chi connectivity index (χ2v) is 6.17. The van der Waals surface area contributed by atoms with Crippen molar-refractivity contribution >= 4 is 5.78 Å². The first-order valence-electron chi connectivity index (χ1n) is 8.34. The van der Waals surface area contributed by atoms with E-state index in [1.54, 1.807) is 26.0 Å². The van der Waals surface area contributed by atoms with Crippen molar-refractivity contribution in [3.8, 4) is 5.95 Å². The van der Waals surface area contributed by atoms with E-state index in [4.69, 9.17) is 0 Å². The van der Waals surface area contributed by atoms with Crippen LogP contribution in [0.1, 0.15) is 40.2 Å². The average Bonchev–Trinajstić information content (AvgIpc) is 2.97. The van der Waals surface area contributed by atoms with Gasteiger partial charge in [0.25, 0.3) is 5.56 Å². The van der Waals surface area contributed by atoms with Gasteiger partial charge in [-0.3, -0.25) is 14.6 Å². The maximum atomic E-state index is 12.9. The molecule has 6 nitrogen and oxygen atoms in total. The quantitative estimate of drug-likeness (QED) is 0.690. The van der Waals surface area contributed by atoms with E-state index in [2.05, 4.69) is 15.1 Å². The second-order valence-electron chi connectivity index (χ2n) is 6.17. The molecule has 0 fully saturated rings. The van der Waals surface area contributed by atoms with Gasteiger partial charge in [0.1, 0.15) is 5.82 Å². The third-order valence-electron chi connectivity index (χ3n) is 4.15. The molecular weight excluding hydrogens is 335 g/mol. The number of hydrogen-bond acceptors (Lipinski definition) is 4. The van der Waals surface area contributed by atoms with Gasteiger partial charge in [-0.15, -0.1) is 0 Å². The molecule has 2 heterocycles. The molecule has 0 aliphatic rings. The lowest BCUT2D eigenvalue weighted by molar-refractivity contribution is 0.0979. The molecule has 0 bridgehead atoms. The third kappa shape index (κ3) is 3.93. The Morgan fingerprint density at radius 3 is 2.65 bits per heavy atom. The summed E-state index contributed by atoms with van der Waals surface area (Å²) in [7, 11) is 0. The summed E-state index contributed by atoms with van der Waals surface area (Å²) in [6.45, 7) is 3.49. The molecule has 0 unspecified atom stereocenters. The Balaban J connectivity index is 1.69. The Kier molecular flexibility index (Phi) is 5.06. The summed E-state index contributed by atoms with van der Waals surface area (Å²) in [6, 6.07) is 7.68. The van der Waals surface area contributed by atoms with E-state index in [-0.39, 0.29) is 23.1 Å². The highest BCUT2D eigenvalue weighted by Gasteiger charge is 2.16. The zero-order valence-corrected chi connectivity index (χ0v) is 14.6. The van der Waals surface area contributed by atoms with Crippen molar-refractivity contribution < 1.29 is 9.18 Å². The fourth-order valence-corrected chi connectivity index (χ4v) is 2.80. The first-order valence-corrected chi connectivity index (χ1v) is 8.34. The molecule has 0 spiro atoms. The van der Waals surface area contributed by atoms with Gasteiger partial charge in [-0.2, -0.15) is 5.10 Å². The SMILES string of the molecule is Cc1cc(=O)[nH]c(-n2ncc(C(=O)CCCc3ccc(F)cc3)c2C)n1. The molecule has 1 N–H and O–H groups in total. The Morgan fingerprint density at radius 1 is 1.23 bits per heavy atom. The lowest BCUT2D eigenvalue weighted by atomic mass is 10.0. The van der Waals surface area contributed by atoms with Gasteiger partial charge >= 0.3 is 0 Å². The summed E-state index contributed by atoms with van der Waals surface area (Å²) in [5.41, 5.74) is 2.44. The van der Waals surface area contributed by atoms with Crippen LogP contribution in [0.15, 0.2) is 41.3 Å². The molecular formula is C19H19FN4O2. The van der Waals surface area contributed by atoms with Gasteiger partial charge in [0.2, 0.25) is 5.95 Å². The zero-order valence-electron chi connectivity index (χ0n) is 14.6. The van der Waals surface area contributed by atoms with Gasteiger partial charge in [-0.1, -0.05) is 12.1 Å². The van der Waals surface area contributed by atoms with Crippen LogP contribution in [-0.2, 0) is 6.42 Å². The molecule has 2 aromatic heterocycles. The number of aromatic amines is 1. The number of aromatic nitrogens is 4. The summed E-state index contributed by atoms with van der Waals surface area (Å²) in [5.74, 6) is -0.000566. The number of nitrogens with one attached hydrogen (secondary N) is 1. The molecule has 26 heavy (non-hydrogen) atoms. The number of ketones is 1. The minimum Gasteiger partial charge on any atom is -0.294 e.